The minimum atomic E-state index is -3.82. The fraction of sp³-hybridized carbons (Fsp3) is 0.417. The van der Waals surface area contributed by atoms with E-state index in [0.29, 0.717) is 32.1 Å². The number of hydrogen-bond donors (Lipinski definition) is 4. The Morgan fingerprint density at radius 1 is 0.833 bits per heavy atom. The Kier molecular flexibility index (Phi) is 13.5. The Bertz CT molecular complexity index is 1610. The van der Waals surface area contributed by atoms with E-state index < -0.39 is 28.1 Å². The predicted molar refractivity (Wildman–Crippen MR) is 189 cm³/mol. The van der Waals surface area contributed by atoms with Crippen LogP contribution in [0.4, 0.5) is 5.69 Å². The van der Waals surface area contributed by atoms with Gasteiger partial charge in [0.15, 0.2) is 0 Å². The van der Waals surface area contributed by atoms with Crippen LogP contribution in [-0.4, -0.2) is 76.3 Å². The average molecular weight is 677 g/mol. The molecule has 3 aromatic carbocycles. The first-order valence-electron chi connectivity index (χ1n) is 16.6. The van der Waals surface area contributed by atoms with Gasteiger partial charge in [-0.05, 0) is 69.2 Å². The van der Waals surface area contributed by atoms with E-state index in [1.54, 1.807) is 6.92 Å². The van der Waals surface area contributed by atoms with Crippen molar-refractivity contribution in [1.82, 2.24) is 25.6 Å². The molecule has 1 heterocycles. The zero-order valence-corrected chi connectivity index (χ0v) is 28.9. The van der Waals surface area contributed by atoms with Crippen LogP contribution in [0.5, 0.6) is 0 Å². The molecule has 1 aliphatic carbocycles. The summed E-state index contributed by atoms with van der Waals surface area (Å²) in [5, 5.41) is 11.6. The van der Waals surface area contributed by atoms with Gasteiger partial charge < -0.3 is 21.3 Å². The van der Waals surface area contributed by atoms with Crippen molar-refractivity contribution in [3.63, 3.8) is 0 Å². The first-order valence-corrected chi connectivity index (χ1v) is 18.0. The summed E-state index contributed by atoms with van der Waals surface area (Å²) in [4.78, 5) is 38.4. The molecule has 5 rings (SSSR count). The zero-order valence-electron chi connectivity index (χ0n) is 28.1. The molecular formula is C36H48N6O5S. The van der Waals surface area contributed by atoms with Crippen LogP contribution in [0.25, 0.3) is 0 Å². The summed E-state index contributed by atoms with van der Waals surface area (Å²) in [6, 6.07) is 23.7. The lowest BCUT2D eigenvalue weighted by Gasteiger charge is -2.26. The lowest BCUT2D eigenvalue weighted by Crippen LogP contribution is -2.45. The normalized spacial score (nSPS) is 15.1. The Morgan fingerprint density at radius 2 is 1.42 bits per heavy atom. The first kappa shape index (κ1) is 36.6. The summed E-state index contributed by atoms with van der Waals surface area (Å²) in [5.74, 6) is -0.367. The van der Waals surface area contributed by atoms with Crippen molar-refractivity contribution in [2.45, 2.75) is 52.1 Å². The Morgan fingerprint density at radius 3 is 1.98 bits per heavy atom. The van der Waals surface area contributed by atoms with Crippen LogP contribution in [0.15, 0.2) is 78.9 Å². The summed E-state index contributed by atoms with van der Waals surface area (Å²) >= 11 is 0. The molecule has 0 unspecified atom stereocenters. The first-order chi connectivity index (χ1) is 23.0. The van der Waals surface area contributed by atoms with Gasteiger partial charge in [0.1, 0.15) is 0 Å². The molecule has 0 aromatic heterocycles. The quantitative estimate of drug-likeness (QED) is 0.193. The number of aryl methyl sites for hydroxylation is 1. The maximum absolute atomic E-state index is 13.2. The van der Waals surface area contributed by atoms with E-state index in [0.717, 1.165) is 35.6 Å². The van der Waals surface area contributed by atoms with E-state index in [1.165, 1.54) is 35.1 Å². The SMILES string of the molecule is C[C@H](NCCNC(=O)c1cc(C(=O)NCc2ccccc2)cc(N(C)S(=O)(=O)N2CCCC2)c1)C(=O)NCC1CC1.Cc1ccccc1. The predicted octanol–water partition coefficient (Wildman–Crippen LogP) is 3.62. The second-order valence-electron chi connectivity index (χ2n) is 12.3. The molecule has 2 fully saturated rings. The topological polar surface area (TPSA) is 140 Å². The van der Waals surface area contributed by atoms with Crippen LogP contribution in [-0.2, 0) is 21.5 Å². The molecule has 12 heteroatoms. The maximum atomic E-state index is 13.2. The molecule has 3 amide bonds. The number of nitrogens with zero attached hydrogens (tertiary/aromatic N) is 2. The van der Waals surface area contributed by atoms with Gasteiger partial charge in [-0.15, -0.1) is 0 Å². The summed E-state index contributed by atoms with van der Waals surface area (Å²) in [7, 11) is -2.40. The highest BCUT2D eigenvalue weighted by Crippen LogP contribution is 2.27. The van der Waals surface area contributed by atoms with Crippen molar-refractivity contribution in [1.29, 1.82) is 0 Å². The third kappa shape index (κ3) is 11.2. The number of benzene rings is 3. The van der Waals surface area contributed by atoms with Gasteiger partial charge in [0.05, 0.1) is 11.7 Å². The maximum Gasteiger partial charge on any atom is 0.303 e. The molecule has 48 heavy (non-hydrogen) atoms. The van der Waals surface area contributed by atoms with Gasteiger partial charge in [-0.25, -0.2) is 0 Å². The molecule has 3 aromatic rings. The third-order valence-electron chi connectivity index (χ3n) is 8.30. The monoisotopic (exact) mass is 676 g/mol. The molecule has 0 bridgehead atoms. The number of nitrogens with one attached hydrogen (secondary N) is 4. The molecule has 0 radical (unpaired) electrons. The van der Waals surface area contributed by atoms with Gasteiger partial charge in [-0.3, -0.25) is 18.7 Å². The van der Waals surface area contributed by atoms with Crippen LogP contribution in [0.3, 0.4) is 0 Å². The summed E-state index contributed by atoms with van der Waals surface area (Å²) in [6.45, 7) is 6.29. The largest absolute Gasteiger partial charge is 0.354 e. The van der Waals surface area contributed by atoms with Gasteiger partial charge in [-0.1, -0.05) is 66.2 Å². The fourth-order valence-corrected chi connectivity index (χ4v) is 6.51. The molecule has 1 atom stereocenters. The van der Waals surface area contributed by atoms with Crippen LogP contribution >= 0.6 is 0 Å². The van der Waals surface area contributed by atoms with E-state index >= 15 is 0 Å². The molecule has 2 aliphatic rings. The second kappa shape index (κ2) is 17.8. The number of rotatable bonds is 14. The highest BCUT2D eigenvalue weighted by molar-refractivity contribution is 7.90. The highest BCUT2D eigenvalue weighted by Gasteiger charge is 2.30. The van der Waals surface area contributed by atoms with E-state index in [9.17, 15) is 22.8 Å². The number of hydrogen-bond acceptors (Lipinski definition) is 6. The Balaban J connectivity index is 0.000000659. The standard InChI is InChI=1S/C29H40N6O5S.C7H8/c1-21(27(36)32-20-23-10-11-23)30-12-13-31-28(37)24-16-25(29(38)33-19-22-8-4-3-5-9-22)18-26(17-24)34(2)41(39,40)35-14-6-7-15-35;1-7-5-3-2-4-6-7/h3-5,8-9,16-18,21,23,30H,6-7,10-15,19-20H2,1-2H3,(H,31,37)(H,32,36)(H,33,38);2-6H,1H3/t21-;/m0./s1. The lowest BCUT2D eigenvalue weighted by atomic mass is 10.1. The summed E-state index contributed by atoms with van der Waals surface area (Å²) < 4.78 is 29.0. The van der Waals surface area contributed by atoms with Crippen molar-refractivity contribution in [3.05, 3.63) is 101 Å². The van der Waals surface area contributed by atoms with Gasteiger partial charge in [-0.2, -0.15) is 12.7 Å². The zero-order chi connectivity index (χ0) is 34.5. The van der Waals surface area contributed by atoms with E-state index in [-0.39, 0.29) is 35.8 Å². The smallest absolute Gasteiger partial charge is 0.303 e. The van der Waals surface area contributed by atoms with Crippen molar-refractivity contribution in [2.75, 3.05) is 44.1 Å². The highest BCUT2D eigenvalue weighted by atomic mass is 32.2. The number of carbonyl (C=O) groups is 3. The van der Waals surface area contributed by atoms with Crippen molar-refractivity contribution < 1.29 is 22.8 Å². The summed E-state index contributed by atoms with van der Waals surface area (Å²) in [6.07, 6.45) is 3.90. The van der Waals surface area contributed by atoms with Crippen LogP contribution in [0.2, 0.25) is 0 Å². The summed E-state index contributed by atoms with van der Waals surface area (Å²) in [5.41, 5.74) is 2.78. The van der Waals surface area contributed by atoms with E-state index in [1.807, 2.05) is 48.5 Å². The second-order valence-corrected chi connectivity index (χ2v) is 14.3. The van der Waals surface area contributed by atoms with Crippen LogP contribution in [0.1, 0.15) is 64.4 Å². The Hall–Kier alpha value is -4.26. The molecule has 1 saturated carbocycles. The molecule has 11 nitrogen and oxygen atoms in total. The van der Waals surface area contributed by atoms with Crippen molar-refractivity contribution in [3.8, 4) is 0 Å². The third-order valence-corrected chi connectivity index (χ3v) is 10.2. The van der Waals surface area contributed by atoms with Crippen LogP contribution in [0, 0.1) is 12.8 Å². The van der Waals surface area contributed by atoms with Gasteiger partial charge in [0, 0.05) is 57.4 Å². The lowest BCUT2D eigenvalue weighted by molar-refractivity contribution is -0.122. The minimum Gasteiger partial charge on any atom is -0.354 e. The number of anilines is 1. The van der Waals surface area contributed by atoms with Crippen molar-refractivity contribution in [2.24, 2.45) is 5.92 Å². The molecule has 0 spiro atoms. The molecule has 1 saturated heterocycles. The molecular weight excluding hydrogens is 628 g/mol. The van der Waals surface area contributed by atoms with Gasteiger partial charge in [0.2, 0.25) is 5.91 Å². The van der Waals surface area contributed by atoms with Crippen LogP contribution < -0.4 is 25.6 Å². The molecule has 258 valence electrons. The molecule has 4 N–H and O–H groups in total. The Labute approximate surface area is 284 Å². The molecule has 1 aliphatic heterocycles. The number of amides is 3. The van der Waals surface area contributed by atoms with Gasteiger partial charge >= 0.3 is 10.2 Å². The number of carbonyl (C=O) groups excluding carboxylic acids is 3. The fourth-order valence-electron chi connectivity index (χ4n) is 5.07. The van der Waals surface area contributed by atoms with Crippen molar-refractivity contribution >= 4 is 33.6 Å². The van der Waals surface area contributed by atoms with Gasteiger partial charge in [0.25, 0.3) is 11.8 Å². The average Bonchev–Trinajstić information content (AvgIpc) is 3.76. The minimum absolute atomic E-state index is 0.0793. The van der Waals surface area contributed by atoms with E-state index in [2.05, 4.69) is 40.3 Å². The van der Waals surface area contributed by atoms with E-state index in [4.69, 9.17) is 0 Å².